The predicted molar refractivity (Wildman–Crippen MR) is 147 cm³/mol. The number of aromatic nitrogens is 2. The first kappa shape index (κ1) is 24.4. The van der Waals surface area contributed by atoms with Crippen LogP contribution in [0.1, 0.15) is 52.7 Å². The summed E-state index contributed by atoms with van der Waals surface area (Å²) in [5, 5.41) is 10.4. The molecular weight excluding hydrogens is 443 g/mol. The molecule has 0 unspecified atom stereocenters. The monoisotopic (exact) mass is 475 g/mol. The van der Waals surface area contributed by atoms with E-state index in [0.717, 1.165) is 39.4 Å². The second kappa shape index (κ2) is 8.68. The third kappa shape index (κ3) is 4.17. The van der Waals surface area contributed by atoms with Crippen LogP contribution in [-0.4, -0.2) is 33.8 Å². The minimum Gasteiger partial charge on any atom is -0.427 e. The Morgan fingerprint density at radius 1 is 0.750 bits per heavy atom. The molecule has 0 fully saturated rings. The molecule has 0 saturated heterocycles. The normalized spacial score (nSPS) is 14.3. The average Bonchev–Trinajstić information content (AvgIpc) is 3.09. The number of rotatable bonds is 6. The minimum atomic E-state index is -0.973. The van der Waals surface area contributed by atoms with E-state index in [1.807, 2.05) is 44.2 Å². The van der Waals surface area contributed by atoms with Gasteiger partial charge in [0, 0.05) is 27.7 Å². The first-order valence-corrected chi connectivity index (χ1v) is 12.4. The topological polar surface area (TPSA) is 55.2 Å². The van der Waals surface area contributed by atoms with E-state index in [9.17, 15) is 5.11 Å². The lowest BCUT2D eigenvalue weighted by atomic mass is 9.80. The van der Waals surface area contributed by atoms with Crippen LogP contribution >= 0.6 is 0 Å². The van der Waals surface area contributed by atoms with Crippen LogP contribution < -0.4 is 5.46 Å². The van der Waals surface area contributed by atoms with Crippen LogP contribution in [0.2, 0.25) is 0 Å². The smallest absolute Gasteiger partial charge is 0.330 e. The minimum absolute atomic E-state index is 0.221. The van der Waals surface area contributed by atoms with E-state index in [2.05, 4.69) is 62.4 Å². The Balaban J connectivity index is 1.59. The highest BCUT2D eigenvalue weighted by molar-refractivity contribution is 6.47. The molecule has 1 aliphatic carbocycles. The molecule has 0 atom stereocenters. The molecule has 1 radical (unpaired) electrons. The van der Waals surface area contributed by atoms with Crippen LogP contribution in [0.4, 0.5) is 0 Å². The van der Waals surface area contributed by atoms with Gasteiger partial charge in [-0.15, -0.1) is 0 Å². The molecule has 36 heavy (non-hydrogen) atoms. The first-order chi connectivity index (χ1) is 17.0. The second-order valence-electron chi connectivity index (χ2n) is 11.1. The molecule has 5 rings (SSSR count). The highest BCUT2D eigenvalue weighted by Crippen LogP contribution is 2.51. The number of hydrogen-bond donors (Lipinski definition) is 1. The van der Waals surface area contributed by atoms with Gasteiger partial charge in [-0.3, -0.25) is 0 Å². The molecule has 1 N–H and O–H groups in total. The van der Waals surface area contributed by atoms with E-state index in [1.54, 1.807) is 21.3 Å². The second-order valence-corrected chi connectivity index (χ2v) is 11.1. The first-order valence-electron chi connectivity index (χ1n) is 12.4. The molecule has 1 aromatic heterocycles. The molecule has 181 valence electrons. The Hall–Kier alpha value is -3.28. The molecule has 0 amide bonds. The van der Waals surface area contributed by atoms with Crippen molar-refractivity contribution in [1.82, 2.24) is 9.97 Å². The van der Waals surface area contributed by atoms with Crippen LogP contribution in [0.15, 0.2) is 78.9 Å². The quantitative estimate of drug-likeness (QED) is 0.352. The third-order valence-electron chi connectivity index (χ3n) is 7.57. The Kier molecular flexibility index (Phi) is 5.89. The van der Waals surface area contributed by atoms with Gasteiger partial charge in [0.05, 0.1) is 22.6 Å². The van der Waals surface area contributed by atoms with E-state index in [4.69, 9.17) is 14.6 Å². The van der Waals surface area contributed by atoms with Crippen molar-refractivity contribution in [2.24, 2.45) is 0 Å². The lowest BCUT2D eigenvalue weighted by Gasteiger charge is -2.37. The zero-order valence-electron chi connectivity index (χ0n) is 21.8. The van der Waals surface area contributed by atoms with E-state index in [1.165, 1.54) is 11.1 Å². The molecule has 1 aliphatic rings. The highest BCUT2D eigenvalue weighted by Gasteiger charge is 2.40. The summed E-state index contributed by atoms with van der Waals surface area (Å²) in [4.78, 5) is 10.2. The Morgan fingerprint density at radius 2 is 1.36 bits per heavy atom. The van der Waals surface area contributed by atoms with Gasteiger partial charge in [-0.2, -0.15) is 0 Å². The van der Waals surface area contributed by atoms with E-state index in [0.29, 0.717) is 0 Å². The maximum absolute atomic E-state index is 10.4. The zero-order chi connectivity index (χ0) is 25.7. The number of benzene rings is 3. The van der Waals surface area contributed by atoms with Crippen LogP contribution in [0.25, 0.3) is 33.9 Å². The average molecular weight is 475 g/mol. The van der Waals surface area contributed by atoms with Crippen molar-refractivity contribution < 1.29 is 9.76 Å². The van der Waals surface area contributed by atoms with E-state index in [-0.39, 0.29) is 5.41 Å². The summed E-state index contributed by atoms with van der Waals surface area (Å²) in [7, 11) is 1.71. The van der Waals surface area contributed by atoms with Gasteiger partial charge >= 0.3 is 7.48 Å². The molecular formula is C31H32BN2O2. The van der Waals surface area contributed by atoms with E-state index < -0.39 is 11.2 Å². The van der Waals surface area contributed by atoms with Crippen molar-refractivity contribution in [2.75, 3.05) is 0 Å². The van der Waals surface area contributed by atoms with Crippen molar-refractivity contribution in [2.45, 2.75) is 58.2 Å². The van der Waals surface area contributed by atoms with Crippen molar-refractivity contribution in [3.63, 3.8) is 0 Å². The van der Waals surface area contributed by atoms with Crippen molar-refractivity contribution >= 4 is 12.9 Å². The van der Waals surface area contributed by atoms with Crippen molar-refractivity contribution in [1.29, 1.82) is 0 Å². The van der Waals surface area contributed by atoms with Gasteiger partial charge in [-0.05, 0) is 33.3 Å². The molecule has 4 aromatic rings. The summed E-state index contributed by atoms with van der Waals surface area (Å²) in [5.74, 6) is 0.725. The van der Waals surface area contributed by atoms with Gasteiger partial charge in [-0.25, -0.2) is 9.97 Å². The zero-order valence-corrected chi connectivity index (χ0v) is 21.8. The Bertz CT molecular complexity index is 1410. The summed E-state index contributed by atoms with van der Waals surface area (Å²) in [6, 6.07) is 26.9. The summed E-state index contributed by atoms with van der Waals surface area (Å²) >= 11 is 0. The van der Waals surface area contributed by atoms with Crippen LogP contribution in [0.3, 0.4) is 0 Å². The van der Waals surface area contributed by atoms with Crippen LogP contribution in [0, 0.1) is 0 Å². The van der Waals surface area contributed by atoms with Gasteiger partial charge in [0.1, 0.15) is 0 Å². The number of fused-ring (bicyclic) bond motifs is 3. The summed E-state index contributed by atoms with van der Waals surface area (Å²) < 4.78 is 5.95. The van der Waals surface area contributed by atoms with Gasteiger partial charge in [0.15, 0.2) is 5.82 Å². The largest absolute Gasteiger partial charge is 0.427 e. The van der Waals surface area contributed by atoms with Gasteiger partial charge in [-0.1, -0.05) is 98.2 Å². The SMILES string of the molecule is CC1(C)c2ccccc2-c2nc(-c3ccccc3)nc(-c3ccc([B]OC(C)(C)C(C)(C)O)cc3)c21. The molecule has 4 nitrogen and oxygen atoms in total. The fraction of sp³-hybridized carbons (Fsp3) is 0.290. The maximum Gasteiger partial charge on any atom is 0.330 e. The number of nitrogens with zero attached hydrogens (tertiary/aromatic N) is 2. The van der Waals surface area contributed by atoms with Crippen molar-refractivity contribution in [3.8, 4) is 33.9 Å². The number of aliphatic hydroxyl groups is 1. The lowest BCUT2D eigenvalue weighted by Crippen LogP contribution is -2.49. The molecule has 0 spiro atoms. The summed E-state index contributed by atoms with van der Waals surface area (Å²) in [6.45, 7) is 11.8. The maximum atomic E-state index is 10.4. The van der Waals surface area contributed by atoms with Gasteiger partial charge in [0.25, 0.3) is 0 Å². The Labute approximate surface area is 214 Å². The molecule has 0 aliphatic heterocycles. The van der Waals surface area contributed by atoms with Gasteiger partial charge < -0.3 is 9.76 Å². The molecule has 5 heteroatoms. The fourth-order valence-electron chi connectivity index (χ4n) is 4.62. The van der Waals surface area contributed by atoms with E-state index >= 15 is 0 Å². The van der Waals surface area contributed by atoms with Gasteiger partial charge in [0.2, 0.25) is 0 Å². The molecule has 3 aromatic carbocycles. The lowest BCUT2D eigenvalue weighted by molar-refractivity contribution is -0.0893. The summed E-state index contributed by atoms with van der Waals surface area (Å²) in [5.41, 5.74) is 6.59. The third-order valence-corrected chi connectivity index (χ3v) is 7.57. The van der Waals surface area contributed by atoms with Crippen LogP contribution in [-0.2, 0) is 10.1 Å². The predicted octanol–water partition coefficient (Wildman–Crippen LogP) is 5.93. The highest BCUT2D eigenvalue weighted by atomic mass is 16.5. The van der Waals surface area contributed by atoms with Crippen LogP contribution in [0.5, 0.6) is 0 Å². The molecule has 0 bridgehead atoms. The molecule has 1 heterocycles. The standard InChI is InChI=1S/C31H32BN2O2/c1-29(2)24-15-11-10-14-23(24)27-25(29)26(33-28(34-27)21-12-8-7-9-13-21)20-16-18-22(19-17-20)32-36-31(5,6)30(3,4)35/h7-19,35H,1-6H3. The fourth-order valence-corrected chi connectivity index (χ4v) is 4.62. The summed E-state index contributed by atoms with van der Waals surface area (Å²) in [6.07, 6.45) is 0. The molecule has 0 saturated carbocycles. The number of hydrogen-bond acceptors (Lipinski definition) is 4. The Morgan fingerprint density at radius 3 is 2.03 bits per heavy atom. The van der Waals surface area contributed by atoms with Crippen molar-refractivity contribution in [3.05, 3.63) is 90.0 Å².